The molecular formula is C36H74O13Si. The lowest BCUT2D eigenvalue weighted by Crippen LogP contribution is -2.41. The summed E-state index contributed by atoms with van der Waals surface area (Å²) in [7, 11) is -1.70. The van der Waals surface area contributed by atoms with E-state index in [1.54, 1.807) is 0 Å². The van der Waals surface area contributed by atoms with Gasteiger partial charge in [-0.15, -0.1) is 0 Å². The van der Waals surface area contributed by atoms with Gasteiger partial charge in [-0.3, -0.25) is 4.79 Å². The number of hydrogen-bond acceptors (Lipinski definition) is 13. The largest absolute Gasteiger partial charge is 0.463 e. The second-order valence-electron chi connectivity index (χ2n) is 13.1. The van der Waals surface area contributed by atoms with Crippen molar-refractivity contribution in [3.8, 4) is 0 Å². The molecule has 0 heterocycles. The Labute approximate surface area is 305 Å². The van der Waals surface area contributed by atoms with E-state index in [1.165, 1.54) is 19.3 Å². The van der Waals surface area contributed by atoms with Crippen LogP contribution in [0, 0.1) is 0 Å². The van der Waals surface area contributed by atoms with Crippen LogP contribution in [0.1, 0.15) is 66.2 Å². The molecule has 13 nitrogen and oxygen atoms in total. The monoisotopic (exact) mass is 742 g/mol. The lowest BCUT2D eigenvalue weighted by Gasteiger charge is -2.36. The number of hydrogen-bond donors (Lipinski definition) is 0. The summed E-state index contributed by atoms with van der Waals surface area (Å²) in [6, 6.07) is 0. The van der Waals surface area contributed by atoms with Gasteiger partial charge < -0.3 is 56.5 Å². The molecule has 0 aromatic rings. The summed E-state index contributed by atoms with van der Waals surface area (Å²) < 4.78 is 66.2. The molecular weight excluding hydrogens is 668 g/mol. The van der Waals surface area contributed by atoms with E-state index in [0.717, 1.165) is 12.8 Å². The van der Waals surface area contributed by atoms with Crippen molar-refractivity contribution < 1.29 is 61.3 Å². The van der Waals surface area contributed by atoms with Gasteiger partial charge in [0.15, 0.2) is 8.32 Å². The molecule has 0 unspecified atom stereocenters. The van der Waals surface area contributed by atoms with Crippen LogP contribution >= 0.6 is 0 Å². The van der Waals surface area contributed by atoms with Crippen LogP contribution in [0.3, 0.4) is 0 Å². The Bertz CT molecular complexity index is 710. The molecule has 0 saturated carbocycles. The maximum absolute atomic E-state index is 11.6. The van der Waals surface area contributed by atoms with Crippen LogP contribution in [-0.4, -0.2) is 160 Å². The molecule has 14 heteroatoms. The number of unbranched alkanes of at least 4 members (excludes halogenated alkanes) is 4. The Morgan fingerprint density at radius 3 is 1.00 bits per heavy atom. The summed E-state index contributed by atoms with van der Waals surface area (Å²) in [6.07, 6.45) is 6.08. The maximum atomic E-state index is 11.6. The average molecular weight is 743 g/mol. The van der Waals surface area contributed by atoms with Gasteiger partial charge in [0.25, 0.3) is 0 Å². The molecule has 0 rings (SSSR count). The van der Waals surface area contributed by atoms with Gasteiger partial charge in [0.05, 0.1) is 139 Å². The molecule has 0 N–H and O–H groups in total. The minimum absolute atomic E-state index is 0.147. The Hall–Kier alpha value is -0.753. The van der Waals surface area contributed by atoms with Crippen LogP contribution in [0.5, 0.6) is 0 Å². The van der Waals surface area contributed by atoms with E-state index in [0.29, 0.717) is 145 Å². The first-order chi connectivity index (χ1) is 24.2. The molecule has 50 heavy (non-hydrogen) atoms. The van der Waals surface area contributed by atoms with E-state index in [4.69, 9.17) is 56.5 Å². The number of esters is 1. The zero-order valence-corrected chi connectivity index (χ0v) is 33.6. The van der Waals surface area contributed by atoms with Gasteiger partial charge in [0.1, 0.15) is 6.61 Å². The summed E-state index contributed by atoms with van der Waals surface area (Å²) in [5.74, 6) is -0.147. The zero-order valence-electron chi connectivity index (χ0n) is 32.6. The van der Waals surface area contributed by atoms with Gasteiger partial charge in [-0.25, -0.2) is 0 Å². The van der Waals surface area contributed by atoms with Crippen molar-refractivity contribution in [3.63, 3.8) is 0 Å². The quantitative estimate of drug-likeness (QED) is 0.0471. The lowest BCUT2D eigenvalue weighted by molar-refractivity contribution is -0.145. The standard InChI is InChI=1S/C36H74O13Si/c1-7-8-9-10-11-12-35(37)48-33-31-46-29-27-44-25-23-42-21-19-40-17-15-38-13-14-39-16-18-41-20-22-43-24-26-45-28-30-47-32-34-49-50(5,6)36(2,3)4/h7-34H2,1-6H3. The molecule has 0 saturated heterocycles. The second-order valence-corrected chi connectivity index (χ2v) is 17.9. The molecule has 300 valence electrons. The van der Waals surface area contributed by atoms with E-state index >= 15 is 0 Å². The van der Waals surface area contributed by atoms with Crippen LogP contribution in [-0.2, 0) is 61.3 Å². The summed E-state index contributed by atoms with van der Waals surface area (Å²) in [6.45, 7) is 24.4. The highest BCUT2D eigenvalue weighted by Crippen LogP contribution is 2.36. The predicted octanol–water partition coefficient (Wildman–Crippen LogP) is 5.08. The molecule has 0 atom stereocenters. The van der Waals surface area contributed by atoms with Crippen LogP contribution in [0.25, 0.3) is 0 Å². The van der Waals surface area contributed by atoms with E-state index in [1.807, 2.05) is 0 Å². The SMILES string of the molecule is CCCCCCCC(=O)OCCOCCOCCOCCOCCOCCOCCOCCOCCOCCOCCO[Si](C)(C)C(C)(C)C. The van der Waals surface area contributed by atoms with E-state index in [-0.39, 0.29) is 17.6 Å². The van der Waals surface area contributed by atoms with Gasteiger partial charge in [-0.1, -0.05) is 53.4 Å². The fraction of sp³-hybridized carbons (Fsp3) is 0.972. The van der Waals surface area contributed by atoms with Crippen molar-refractivity contribution in [2.75, 3.05) is 145 Å². The smallest absolute Gasteiger partial charge is 0.305 e. The number of rotatable bonds is 40. The molecule has 0 radical (unpaired) electrons. The van der Waals surface area contributed by atoms with Gasteiger partial charge in [-0.2, -0.15) is 0 Å². The number of carbonyl (C=O) groups is 1. The Morgan fingerprint density at radius 2 is 0.700 bits per heavy atom. The van der Waals surface area contributed by atoms with Crippen molar-refractivity contribution >= 4 is 14.3 Å². The highest BCUT2D eigenvalue weighted by Gasteiger charge is 2.36. The second kappa shape index (κ2) is 36.6. The molecule has 0 aromatic carbocycles. The third-order valence-corrected chi connectivity index (χ3v) is 12.4. The van der Waals surface area contributed by atoms with Crippen molar-refractivity contribution in [2.45, 2.75) is 84.4 Å². The number of carbonyl (C=O) groups excluding carboxylic acids is 1. The highest BCUT2D eigenvalue weighted by molar-refractivity contribution is 6.74. The molecule has 0 aliphatic heterocycles. The first-order valence-electron chi connectivity index (χ1n) is 18.8. The van der Waals surface area contributed by atoms with Crippen molar-refractivity contribution in [3.05, 3.63) is 0 Å². The molecule has 0 spiro atoms. The van der Waals surface area contributed by atoms with Crippen LogP contribution < -0.4 is 0 Å². The highest BCUT2D eigenvalue weighted by atomic mass is 28.4. The van der Waals surface area contributed by atoms with Crippen LogP contribution in [0.2, 0.25) is 18.1 Å². The molecule has 0 fully saturated rings. The van der Waals surface area contributed by atoms with E-state index in [9.17, 15) is 4.79 Å². The Balaban J connectivity index is 3.15. The van der Waals surface area contributed by atoms with Crippen molar-refractivity contribution in [2.24, 2.45) is 0 Å². The summed E-state index contributed by atoms with van der Waals surface area (Å²) in [4.78, 5) is 11.6. The summed E-state index contributed by atoms with van der Waals surface area (Å²) >= 11 is 0. The maximum Gasteiger partial charge on any atom is 0.305 e. The van der Waals surface area contributed by atoms with Gasteiger partial charge >= 0.3 is 5.97 Å². The van der Waals surface area contributed by atoms with Gasteiger partial charge in [0.2, 0.25) is 0 Å². The molecule has 0 bridgehead atoms. The molecule has 0 aliphatic carbocycles. The first-order valence-corrected chi connectivity index (χ1v) is 21.7. The third-order valence-electron chi connectivity index (χ3n) is 7.82. The van der Waals surface area contributed by atoms with Gasteiger partial charge in [-0.05, 0) is 24.6 Å². The molecule has 0 aliphatic rings. The molecule has 0 amide bonds. The normalized spacial score (nSPS) is 12.2. The molecule has 0 aromatic heterocycles. The third kappa shape index (κ3) is 35.6. The summed E-state index contributed by atoms with van der Waals surface area (Å²) in [5.41, 5.74) is 0. The first kappa shape index (κ1) is 49.2. The lowest BCUT2D eigenvalue weighted by atomic mass is 10.1. The Kier molecular flexibility index (Phi) is 36.0. The minimum atomic E-state index is -1.70. The zero-order chi connectivity index (χ0) is 36.9. The predicted molar refractivity (Wildman–Crippen MR) is 196 cm³/mol. The van der Waals surface area contributed by atoms with E-state index < -0.39 is 8.32 Å². The van der Waals surface area contributed by atoms with Crippen LogP contribution in [0.15, 0.2) is 0 Å². The van der Waals surface area contributed by atoms with Crippen molar-refractivity contribution in [1.82, 2.24) is 0 Å². The van der Waals surface area contributed by atoms with Crippen LogP contribution in [0.4, 0.5) is 0 Å². The fourth-order valence-corrected chi connectivity index (χ4v) is 4.84. The summed E-state index contributed by atoms with van der Waals surface area (Å²) in [5, 5.41) is 0.214. The number of ether oxygens (including phenoxy) is 11. The Morgan fingerprint density at radius 1 is 0.420 bits per heavy atom. The fourth-order valence-electron chi connectivity index (χ4n) is 3.81. The van der Waals surface area contributed by atoms with E-state index in [2.05, 4.69) is 40.8 Å². The minimum Gasteiger partial charge on any atom is -0.463 e. The topological polar surface area (TPSA) is 128 Å². The van der Waals surface area contributed by atoms with Gasteiger partial charge in [0, 0.05) is 6.42 Å². The van der Waals surface area contributed by atoms with Crippen molar-refractivity contribution in [1.29, 1.82) is 0 Å². The average Bonchev–Trinajstić information content (AvgIpc) is 3.07.